The molecule has 2 aromatic rings. The second-order valence-electron chi connectivity index (χ2n) is 4.97. The number of hydrogen-bond donors (Lipinski definition) is 0. The van der Waals surface area contributed by atoms with Crippen molar-refractivity contribution in [1.29, 1.82) is 0 Å². The zero-order valence-corrected chi connectivity index (χ0v) is 11.6. The Morgan fingerprint density at radius 3 is 2.05 bits per heavy atom. The van der Waals surface area contributed by atoms with Gasteiger partial charge in [-0.1, -0.05) is 60.7 Å². The van der Waals surface area contributed by atoms with Gasteiger partial charge in [-0.3, -0.25) is 4.79 Å². The zero-order chi connectivity index (χ0) is 14.2. The molecule has 1 aliphatic carbocycles. The normalized spacial score (nSPS) is 20.7. The highest BCUT2D eigenvalue weighted by Crippen LogP contribution is 2.60. The standard InChI is InChI=1S/C18H16O2/c1-13-16(14-9-5-3-6-10-14)18(13,17(19)20-2)15-11-7-4-8-12-15/h3-12H,1-2H3/t18-/m1/s1. The van der Waals surface area contributed by atoms with Crippen molar-refractivity contribution in [3.05, 3.63) is 77.4 Å². The van der Waals surface area contributed by atoms with Gasteiger partial charge in [-0.15, -0.1) is 0 Å². The Kier molecular flexibility index (Phi) is 2.94. The first-order chi connectivity index (χ1) is 9.72. The maximum Gasteiger partial charge on any atom is 0.325 e. The first-order valence-corrected chi connectivity index (χ1v) is 6.64. The average molecular weight is 264 g/mol. The summed E-state index contributed by atoms with van der Waals surface area (Å²) in [6.07, 6.45) is 0. The van der Waals surface area contributed by atoms with E-state index in [1.54, 1.807) is 0 Å². The molecule has 0 aromatic heterocycles. The molecule has 3 rings (SSSR count). The third-order valence-electron chi connectivity index (χ3n) is 4.01. The van der Waals surface area contributed by atoms with Gasteiger partial charge in [-0.25, -0.2) is 0 Å². The molecule has 0 spiro atoms. The van der Waals surface area contributed by atoms with Gasteiger partial charge in [0.15, 0.2) is 0 Å². The molecule has 2 aromatic carbocycles. The van der Waals surface area contributed by atoms with E-state index in [0.29, 0.717) is 0 Å². The van der Waals surface area contributed by atoms with Gasteiger partial charge in [0.25, 0.3) is 0 Å². The largest absolute Gasteiger partial charge is 0.468 e. The van der Waals surface area contributed by atoms with Crippen molar-refractivity contribution in [2.75, 3.05) is 7.11 Å². The van der Waals surface area contributed by atoms with Crippen molar-refractivity contribution in [1.82, 2.24) is 0 Å². The summed E-state index contributed by atoms with van der Waals surface area (Å²) in [6, 6.07) is 19.8. The number of carbonyl (C=O) groups excluding carboxylic acids is 1. The van der Waals surface area contributed by atoms with E-state index in [4.69, 9.17) is 4.74 Å². The second kappa shape index (κ2) is 4.64. The molecule has 1 atom stereocenters. The SMILES string of the molecule is COC(=O)[C@@]1(c2ccccc2)C(C)=C1c1ccccc1. The summed E-state index contributed by atoms with van der Waals surface area (Å²) in [6.45, 7) is 2.01. The predicted molar refractivity (Wildman–Crippen MR) is 79.2 cm³/mol. The van der Waals surface area contributed by atoms with Crippen LogP contribution in [0.4, 0.5) is 0 Å². The number of carbonyl (C=O) groups is 1. The molecule has 0 radical (unpaired) electrons. The second-order valence-corrected chi connectivity index (χ2v) is 4.97. The highest BCUT2D eigenvalue weighted by Gasteiger charge is 2.59. The molecule has 2 heteroatoms. The Bertz CT molecular complexity index is 671. The van der Waals surface area contributed by atoms with Crippen LogP contribution in [0.3, 0.4) is 0 Å². The zero-order valence-electron chi connectivity index (χ0n) is 11.6. The van der Waals surface area contributed by atoms with E-state index in [1.807, 2.05) is 67.6 Å². The van der Waals surface area contributed by atoms with E-state index in [2.05, 4.69) is 0 Å². The van der Waals surface area contributed by atoms with E-state index in [0.717, 1.165) is 22.3 Å². The van der Waals surface area contributed by atoms with E-state index in [1.165, 1.54) is 7.11 Å². The minimum absolute atomic E-state index is 0.208. The van der Waals surface area contributed by atoms with Gasteiger partial charge in [0, 0.05) is 0 Å². The third kappa shape index (κ3) is 1.61. The third-order valence-corrected chi connectivity index (χ3v) is 4.01. The van der Waals surface area contributed by atoms with E-state index in [9.17, 15) is 4.79 Å². The highest BCUT2D eigenvalue weighted by molar-refractivity contribution is 6.15. The molecule has 0 saturated carbocycles. The Labute approximate surface area is 118 Å². The van der Waals surface area contributed by atoms with Gasteiger partial charge in [0.05, 0.1) is 7.11 Å². The molecular formula is C18H16O2. The van der Waals surface area contributed by atoms with E-state index in [-0.39, 0.29) is 5.97 Å². The van der Waals surface area contributed by atoms with Crippen molar-refractivity contribution in [2.24, 2.45) is 0 Å². The fourth-order valence-corrected chi connectivity index (χ4v) is 3.02. The van der Waals surface area contributed by atoms with Crippen molar-refractivity contribution in [3.8, 4) is 0 Å². The Hall–Kier alpha value is -2.35. The van der Waals surface area contributed by atoms with Crippen molar-refractivity contribution < 1.29 is 9.53 Å². The smallest absolute Gasteiger partial charge is 0.325 e. The molecule has 0 fully saturated rings. The predicted octanol–water partition coefficient (Wildman–Crippen LogP) is 3.58. The quantitative estimate of drug-likeness (QED) is 0.792. The number of hydrogen-bond acceptors (Lipinski definition) is 2. The lowest BCUT2D eigenvalue weighted by Gasteiger charge is -2.18. The van der Waals surface area contributed by atoms with Crippen LogP contribution in [-0.4, -0.2) is 13.1 Å². The summed E-state index contributed by atoms with van der Waals surface area (Å²) in [7, 11) is 1.45. The monoisotopic (exact) mass is 264 g/mol. The minimum Gasteiger partial charge on any atom is -0.468 e. The van der Waals surface area contributed by atoms with Crippen molar-refractivity contribution in [2.45, 2.75) is 12.3 Å². The molecule has 0 heterocycles. The Balaban J connectivity index is 2.11. The summed E-state index contributed by atoms with van der Waals surface area (Å²) in [5.41, 5.74) is 3.50. The fraction of sp³-hybridized carbons (Fsp3) is 0.167. The summed E-state index contributed by atoms with van der Waals surface area (Å²) >= 11 is 0. The Morgan fingerprint density at radius 1 is 0.950 bits per heavy atom. The lowest BCUT2D eigenvalue weighted by molar-refractivity contribution is -0.142. The summed E-state index contributed by atoms with van der Waals surface area (Å²) in [5.74, 6) is -0.208. The van der Waals surface area contributed by atoms with E-state index < -0.39 is 5.41 Å². The van der Waals surface area contributed by atoms with Crippen LogP contribution >= 0.6 is 0 Å². The summed E-state index contributed by atoms with van der Waals surface area (Å²) in [5, 5.41) is 0. The minimum atomic E-state index is -0.697. The van der Waals surface area contributed by atoms with Gasteiger partial charge >= 0.3 is 5.97 Å². The van der Waals surface area contributed by atoms with Gasteiger partial charge in [-0.2, -0.15) is 0 Å². The summed E-state index contributed by atoms with van der Waals surface area (Å²) < 4.78 is 5.07. The van der Waals surface area contributed by atoms with Gasteiger partial charge < -0.3 is 4.74 Å². The number of esters is 1. The van der Waals surface area contributed by atoms with Crippen LogP contribution in [0, 0.1) is 0 Å². The van der Waals surface area contributed by atoms with Gasteiger partial charge in [0.1, 0.15) is 5.41 Å². The molecule has 2 nitrogen and oxygen atoms in total. The fourth-order valence-electron chi connectivity index (χ4n) is 3.02. The van der Waals surface area contributed by atoms with Crippen LogP contribution in [0.1, 0.15) is 18.1 Å². The molecule has 0 unspecified atom stereocenters. The van der Waals surface area contributed by atoms with E-state index >= 15 is 0 Å². The van der Waals surface area contributed by atoms with Crippen LogP contribution < -0.4 is 0 Å². The molecule has 20 heavy (non-hydrogen) atoms. The molecule has 0 bridgehead atoms. The molecule has 1 aliphatic rings. The highest BCUT2D eigenvalue weighted by atomic mass is 16.5. The molecular weight excluding hydrogens is 248 g/mol. The van der Waals surface area contributed by atoms with Crippen molar-refractivity contribution in [3.63, 3.8) is 0 Å². The van der Waals surface area contributed by atoms with Crippen LogP contribution in [0.15, 0.2) is 66.2 Å². The number of ether oxygens (including phenoxy) is 1. The average Bonchev–Trinajstić information content (AvgIpc) is 3.15. The molecule has 0 aliphatic heterocycles. The van der Waals surface area contributed by atoms with Crippen LogP contribution in [0.25, 0.3) is 5.57 Å². The van der Waals surface area contributed by atoms with Gasteiger partial charge in [-0.05, 0) is 29.2 Å². The first-order valence-electron chi connectivity index (χ1n) is 6.64. The maximum atomic E-state index is 12.4. The lowest BCUT2D eigenvalue weighted by Crippen LogP contribution is -2.26. The molecule has 100 valence electrons. The Morgan fingerprint density at radius 2 is 1.50 bits per heavy atom. The van der Waals surface area contributed by atoms with Gasteiger partial charge in [0.2, 0.25) is 0 Å². The van der Waals surface area contributed by atoms with Crippen LogP contribution in [0.2, 0.25) is 0 Å². The molecule has 0 N–H and O–H groups in total. The number of methoxy groups -OCH3 is 1. The maximum absolute atomic E-state index is 12.4. The topological polar surface area (TPSA) is 26.3 Å². The number of benzene rings is 2. The van der Waals surface area contributed by atoms with Crippen LogP contribution in [0.5, 0.6) is 0 Å². The van der Waals surface area contributed by atoms with Crippen molar-refractivity contribution >= 4 is 11.5 Å². The first kappa shape index (κ1) is 12.7. The summed E-state index contributed by atoms with van der Waals surface area (Å²) in [4.78, 5) is 12.4. The molecule has 0 amide bonds. The van der Waals surface area contributed by atoms with Crippen LogP contribution in [-0.2, 0) is 14.9 Å². The molecule has 0 saturated heterocycles. The number of rotatable bonds is 3. The lowest BCUT2D eigenvalue weighted by atomic mass is 9.86.